The van der Waals surface area contributed by atoms with Gasteiger partial charge in [0.1, 0.15) is 0 Å². The van der Waals surface area contributed by atoms with Crippen molar-refractivity contribution in [1.29, 1.82) is 0 Å². The third-order valence-electron chi connectivity index (χ3n) is 4.23. The lowest BCUT2D eigenvalue weighted by Gasteiger charge is -2.28. The summed E-state index contributed by atoms with van der Waals surface area (Å²) in [5, 5.41) is 0. The first-order valence-corrected chi connectivity index (χ1v) is 9.31. The standard InChI is InChI=1S/C16H25NO3S/c1-13-4-2-3-5-16(13)20-10-11-21(18,19)15-8-6-14(12-17)7-9-15/h6-9,13,16H,2-5,10-12,17H2,1H3. The van der Waals surface area contributed by atoms with Crippen molar-refractivity contribution in [3.63, 3.8) is 0 Å². The van der Waals surface area contributed by atoms with Crippen LogP contribution in [0.2, 0.25) is 0 Å². The van der Waals surface area contributed by atoms with Crippen molar-refractivity contribution in [1.82, 2.24) is 0 Å². The predicted molar refractivity (Wildman–Crippen MR) is 83.8 cm³/mol. The molecule has 0 amide bonds. The Kier molecular flexibility index (Phi) is 5.79. The Morgan fingerprint density at radius 3 is 2.48 bits per heavy atom. The van der Waals surface area contributed by atoms with Gasteiger partial charge in [0.2, 0.25) is 0 Å². The van der Waals surface area contributed by atoms with Crippen molar-refractivity contribution in [2.75, 3.05) is 12.4 Å². The van der Waals surface area contributed by atoms with E-state index in [1.54, 1.807) is 24.3 Å². The molecule has 2 unspecified atom stereocenters. The van der Waals surface area contributed by atoms with Crippen LogP contribution in [-0.2, 0) is 21.1 Å². The molecule has 2 atom stereocenters. The number of ether oxygens (including phenoxy) is 1. The van der Waals surface area contributed by atoms with Crippen molar-refractivity contribution in [2.24, 2.45) is 11.7 Å². The average Bonchev–Trinajstić information content (AvgIpc) is 2.49. The fourth-order valence-electron chi connectivity index (χ4n) is 2.79. The Bertz CT molecular complexity index is 539. The maximum atomic E-state index is 12.2. The van der Waals surface area contributed by atoms with Gasteiger partial charge >= 0.3 is 0 Å². The van der Waals surface area contributed by atoms with Crippen molar-refractivity contribution < 1.29 is 13.2 Å². The summed E-state index contributed by atoms with van der Waals surface area (Å²) in [6.45, 7) is 2.88. The van der Waals surface area contributed by atoms with Crippen LogP contribution in [0.5, 0.6) is 0 Å². The summed E-state index contributed by atoms with van der Waals surface area (Å²) in [6.07, 6.45) is 4.88. The molecule has 0 aromatic heterocycles. The molecular formula is C16H25NO3S. The number of rotatable bonds is 6. The molecule has 118 valence electrons. The SMILES string of the molecule is CC1CCCCC1OCCS(=O)(=O)c1ccc(CN)cc1. The molecule has 0 aliphatic heterocycles. The van der Waals surface area contributed by atoms with E-state index in [2.05, 4.69) is 6.92 Å². The number of sulfone groups is 1. The third-order valence-corrected chi connectivity index (χ3v) is 5.93. The van der Waals surface area contributed by atoms with Crippen molar-refractivity contribution in [3.8, 4) is 0 Å². The Morgan fingerprint density at radius 2 is 1.86 bits per heavy atom. The molecule has 5 heteroatoms. The van der Waals surface area contributed by atoms with Crippen LogP contribution < -0.4 is 5.73 Å². The molecule has 1 saturated carbocycles. The monoisotopic (exact) mass is 311 g/mol. The minimum Gasteiger partial charge on any atom is -0.377 e. The van der Waals surface area contributed by atoms with Crippen LogP contribution in [0.1, 0.15) is 38.2 Å². The number of benzene rings is 1. The van der Waals surface area contributed by atoms with Crippen LogP contribution in [0, 0.1) is 5.92 Å². The van der Waals surface area contributed by atoms with Crippen LogP contribution in [0.4, 0.5) is 0 Å². The highest BCUT2D eigenvalue weighted by atomic mass is 32.2. The fourth-order valence-corrected chi connectivity index (χ4v) is 3.89. The molecule has 1 aromatic carbocycles. The lowest BCUT2D eigenvalue weighted by atomic mass is 9.88. The Labute approximate surface area is 127 Å². The van der Waals surface area contributed by atoms with Gasteiger partial charge in [-0.2, -0.15) is 0 Å². The van der Waals surface area contributed by atoms with E-state index in [4.69, 9.17) is 10.5 Å². The first kappa shape index (κ1) is 16.5. The molecule has 21 heavy (non-hydrogen) atoms. The van der Waals surface area contributed by atoms with E-state index in [0.717, 1.165) is 12.0 Å². The van der Waals surface area contributed by atoms with Crippen LogP contribution in [0.3, 0.4) is 0 Å². The molecule has 0 radical (unpaired) electrons. The highest BCUT2D eigenvalue weighted by Gasteiger charge is 2.23. The molecule has 2 N–H and O–H groups in total. The van der Waals surface area contributed by atoms with Gasteiger partial charge in [-0.05, 0) is 36.5 Å². The molecule has 0 saturated heterocycles. The number of hydrogen-bond donors (Lipinski definition) is 1. The minimum absolute atomic E-state index is 0.0399. The van der Waals surface area contributed by atoms with Crippen LogP contribution in [0.15, 0.2) is 29.2 Å². The van der Waals surface area contributed by atoms with E-state index < -0.39 is 9.84 Å². The molecule has 2 rings (SSSR count). The molecule has 0 bridgehead atoms. The topological polar surface area (TPSA) is 69.4 Å². The predicted octanol–water partition coefficient (Wildman–Crippen LogP) is 2.51. The Balaban J connectivity index is 1.88. The Hall–Kier alpha value is -0.910. The zero-order chi connectivity index (χ0) is 15.3. The highest BCUT2D eigenvalue weighted by Crippen LogP contribution is 2.26. The van der Waals surface area contributed by atoms with Gasteiger partial charge in [-0.15, -0.1) is 0 Å². The first-order valence-electron chi connectivity index (χ1n) is 7.66. The molecule has 0 heterocycles. The van der Waals surface area contributed by atoms with E-state index in [1.807, 2.05) is 0 Å². The zero-order valence-corrected chi connectivity index (χ0v) is 13.4. The smallest absolute Gasteiger partial charge is 0.180 e. The molecule has 4 nitrogen and oxygen atoms in total. The lowest BCUT2D eigenvalue weighted by Crippen LogP contribution is -2.27. The largest absolute Gasteiger partial charge is 0.377 e. The van der Waals surface area contributed by atoms with Gasteiger partial charge in [0.05, 0.1) is 23.4 Å². The third kappa shape index (κ3) is 4.53. The molecule has 1 aliphatic rings. The summed E-state index contributed by atoms with van der Waals surface area (Å²) < 4.78 is 30.3. The van der Waals surface area contributed by atoms with Crippen LogP contribution in [-0.4, -0.2) is 26.9 Å². The van der Waals surface area contributed by atoms with Gasteiger partial charge in [-0.1, -0.05) is 31.9 Å². The van der Waals surface area contributed by atoms with E-state index >= 15 is 0 Å². The normalized spacial score (nSPS) is 23.1. The number of nitrogens with two attached hydrogens (primary N) is 1. The van der Waals surface area contributed by atoms with Crippen LogP contribution >= 0.6 is 0 Å². The van der Waals surface area contributed by atoms with Crippen molar-refractivity contribution >= 4 is 9.84 Å². The summed E-state index contributed by atoms with van der Waals surface area (Å²) in [5.74, 6) is 0.573. The summed E-state index contributed by atoms with van der Waals surface area (Å²) in [4.78, 5) is 0.347. The maximum Gasteiger partial charge on any atom is 0.180 e. The van der Waals surface area contributed by atoms with E-state index in [0.29, 0.717) is 17.4 Å². The van der Waals surface area contributed by atoms with Gasteiger partial charge in [-0.3, -0.25) is 0 Å². The van der Waals surface area contributed by atoms with Gasteiger partial charge < -0.3 is 10.5 Å². The van der Waals surface area contributed by atoms with Gasteiger partial charge in [-0.25, -0.2) is 8.42 Å². The summed E-state index contributed by atoms with van der Waals surface area (Å²) in [6, 6.07) is 6.77. The summed E-state index contributed by atoms with van der Waals surface area (Å²) in [5.41, 5.74) is 6.45. The zero-order valence-electron chi connectivity index (χ0n) is 12.6. The lowest BCUT2D eigenvalue weighted by molar-refractivity contribution is 0.00302. The molecule has 1 aliphatic carbocycles. The van der Waals surface area contributed by atoms with Gasteiger partial charge in [0, 0.05) is 6.54 Å². The van der Waals surface area contributed by atoms with Crippen molar-refractivity contribution in [3.05, 3.63) is 29.8 Å². The van der Waals surface area contributed by atoms with E-state index in [1.165, 1.54) is 19.3 Å². The van der Waals surface area contributed by atoms with Gasteiger partial charge in [0.25, 0.3) is 0 Å². The second-order valence-electron chi connectivity index (χ2n) is 5.84. The second-order valence-corrected chi connectivity index (χ2v) is 7.95. The number of hydrogen-bond acceptors (Lipinski definition) is 4. The second kappa shape index (κ2) is 7.38. The Morgan fingerprint density at radius 1 is 1.19 bits per heavy atom. The van der Waals surface area contributed by atoms with Crippen LogP contribution in [0.25, 0.3) is 0 Å². The van der Waals surface area contributed by atoms with E-state index in [9.17, 15) is 8.42 Å². The highest BCUT2D eigenvalue weighted by molar-refractivity contribution is 7.91. The molecule has 0 spiro atoms. The summed E-state index contributed by atoms with van der Waals surface area (Å²) >= 11 is 0. The van der Waals surface area contributed by atoms with E-state index in [-0.39, 0.29) is 18.5 Å². The minimum atomic E-state index is -3.27. The molecular weight excluding hydrogens is 286 g/mol. The van der Waals surface area contributed by atoms with Crippen molar-refractivity contribution in [2.45, 2.75) is 50.2 Å². The quantitative estimate of drug-likeness (QED) is 0.876. The maximum absolute atomic E-state index is 12.2. The molecule has 1 aromatic rings. The fraction of sp³-hybridized carbons (Fsp3) is 0.625. The van der Waals surface area contributed by atoms with Gasteiger partial charge in [0.15, 0.2) is 9.84 Å². The summed E-state index contributed by atoms with van der Waals surface area (Å²) in [7, 11) is -3.27. The molecule has 1 fully saturated rings. The average molecular weight is 311 g/mol. The first-order chi connectivity index (χ1) is 10.0.